The van der Waals surface area contributed by atoms with E-state index >= 15 is 0 Å². The first-order valence-corrected chi connectivity index (χ1v) is 9.75. The van der Waals surface area contributed by atoms with E-state index in [-0.39, 0.29) is 11.5 Å². The summed E-state index contributed by atoms with van der Waals surface area (Å²) in [5, 5.41) is 7.12. The first-order valence-electron chi connectivity index (χ1n) is 9.75. The van der Waals surface area contributed by atoms with Gasteiger partial charge in [0.2, 0.25) is 11.8 Å². The van der Waals surface area contributed by atoms with E-state index in [0.29, 0.717) is 12.5 Å². The highest BCUT2D eigenvalue weighted by Gasteiger charge is 2.43. The average Bonchev–Trinajstić information content (AvgIpc) is 3.16. The highest BCUT2D eigenvalue weighted by atomic mass is 19.4. The van der Waals surface area contributed by atoms with Gasteiger partial charge in [0.25, 0.3) is 0 Å². The van der Waals surface area contributed by atoms with E-state index in [9.17, 15) is 13.2 Å². The molecule has 4 rings (SSSR count). The molecule has 1 N–H and O–H groups in total. The van der Waals surface area contributed by atoms with Gasteiger partial charge >= 0.3 is 12.1 Å². The van der Waals surface area contributed by atoms with Crippen LogP contribution in [0, 0.1) is 5.41 Å². The number of alkyl halides is 3. The predicted molar refractivity (Wildman–Crippen MR) is 104 cm³/mol. The van der Waals surface area contributed by atoms with Crippen LogP contribution < -0.4 is 9.64 Å². The van der Waals surface area contributed by atoms with Gasteiger partial charge in [0.05, 0.1) is 12.7 Å². The molecule has 4 heterocycles. The molecule has 0 radical (unpaired) electrons. The van der Waals surface area contributed by atoms with Crippen LogP contribution in [0.2, 0.25) is 0 Å². The number of carbonyl (C=O) groups is 1. The summed E-state index contributed by atoms with van der Waals surface area (Å²) in [5.41, 5.74) is 0.281. The van der Waals surface area contributed by atoms with E-state index in [4.69, 9.17) is 19.4 Å². The zero-order chi connectivity index (χ0) is 22.3. The molecule has 11 heteroatoms. The molecule has 0 aromatic carbocycles. The van der Waals surface area contributed by atoms with Crippen molar-refractivity contribution in [2.75, 3.05) is 31.2 Å². The summed E-state index contributed by atoms with van der Waals surface area (Å²) in [6, 6.07) is 7.55. The number of carboxylic acids is 1. The minimum absolute atomic E-state index is 0.159. The number of rotatable bonds is 4. The lowest BCUT2D eigenvalue weighted by atomic mass is 9.77. The number of hydrogen-bond acceptors (Lipinski definition) is 7. The normalized spacial score (nSPS) is 20.1. The van der Waals surface area contributed by atoms with Crippen LogP contribution in [0.15, 0.2) is 42.9 Å². The van der Waals surface area contributed by atoms with Crippen molar-refractivity contribution in [3.8, 4) is 5.88 Å². The Hall–Kier alpha value is -2.95. The lowest BCUT2D eigenvalue weighted by Gasteiger charge is -2.38. The maximum absolute atomic E-state index is 10.6. The molecule has 2 aromatic heterocycles. The second-order valence-electron chi connectivity index (χ2n) is 7.45. The number of hydrogen-bond donors (Lipinski definition) is 1. The molecule has 1 atom stereocenters. The molecule has 0 bridgehead atoms. The summed E-state index contributed by atoms with van der Waals surface area (Å²) in [6.07, 6.45) is 3.71. The number of aromatic nitrogens is 3. The Kier molecular flexibility index (Phi) is 7.26. The lowest BCUT2D eigenvalue weighted by molar-refractivity contribution is -0.192. The zero-order valence-corrected chi connectivity index (χ0v) is 16.7. The third-order valence-electron chi connectivity index (χ3n) is 5.24. The Morgan fingerprint density at radius 3 is 2.39 bits per heavy atom. The second-order valence-corrected chi connectivity index (χ2v) is 7.45. The Morgan fingerprint density at radius 1 is 1.16 bits per heavy atom. The fourth-order valence-corrected chi connectivity index (χ4v) is 3.60. The molecular weight excluding hydrogens is 417 g/mol. The number of ether oxygens (including phenoxy) is 2. The third kappa shape index (κ3) is 6.51. The standard InChI is InChI=1S/C18H22N4O2.C2HF3O2/c1-2-7-19-16(4-1)23-13-15-12-18(14-24-15)5-10-22(11-6-18)17-20-8-3-9-21-17;3-2(4,5)1(6)7/h1-4,7-9,15H,5-6,10-14H2;(H,6,7). The largest absolute Gasteiger partial charge is 0.490 e. The minimum Gasteiger partial charge on any atom is -0.475 e. The van der Waals surface area contributed by atoms with Crippen molar-refractivity contribution in [3.05, 3.63) is 42.9 Å². The van der Waals surface area contributed by atoms with Crippen LogP contribution in [0.1, 0.15) is 19.3 Å². The Balaban J connectivity index is 0.000000339. The van der Waals surface area contributed by atoms with Crippen molar-refractivity contribution in [1.82, 2.24) is 15.0 Å². The maximum Gasteiger partial charge on any atom is 0.490 e. The molecule has 0 aliphatic carbocycles. The van der Waals surface area contributed by atoms with Crippen molar-refractivity contribution < 1.29 is 32.5 Å². The molecular formula is C20H23F3N4O4. The SMILES string of the molecule is O=C(O)C(F)(F)F.c1ccc(OCC2CC3(CCN(c4ncccn4)CC3)CO2)nc1. The van der Waals surface area contributed by atoms with Gasteiger partial charge in [-0.05, 0) is 36.8 Å². The molecule has 1 spiro atoms. The van der Waals surface area contributed by atoms with Crippen LogP contribution in [-0.4, -0.2) is 64.6 Å². The quantitative estimate of drug-likeness (QED) is 0.775. The molecule has 2 aromatic rings. The molecule has 31 heavy (non-hydrogen) atoms. The molecule has 0 saturated carbocycles. The second kappa shape index (κ2) is 9.90. The van der Waals surface area contributed by atoms with Gasteiger partial charge < -0.3 is 19.5 Å². The predicted octanol–water partition coefficient (Wildman–Crippen LogP) is 2.96. The van der Waals surface area contributed by atoms with E-state index < -0.39 is 12.1 Å². The number of pyridine rings is 1. The van der Waals surface area contributed by atoms with Gasteiger partial charge in [0.15, 0.2) is 0 Å². The molecule has 2 fully saturated rings. The number of piperidine rings is 1. The van der Waals surface area contributed by atoms with E-state index in [0.717, 1.165) is 44.9 Å². The van der Waals surface area contributed by atoms with Gasteiger partial charge in [0, 0.05) is 37.7 Å². The molecule has 2 saturated heterocycles. The van der Waals surface area contributed by atoms with Crippen molar-refractivity contribution in [3.63, 3.8) is 0 Å². The number of aliphatic carboxylic acids is 1. The van der Waals surface area contributed by atoms with Crippen LogP contribution in [-0.2, 0) is 9.53 Å². The highest BCUT2D eigenvalue weighted by Crippen LogP contribution is 2.42. The number of carboxylic acid groups (broad SMARTS) is 1. The fourth-order valence-electron chi connectivity index (χ4n) is 3.60. The molecule has 1 unspecified atom stereocenters. The summed E-state index contributed by atoms with van der Waals surface area (Å²) in [6.45, 7) is 3.37. The number of nitrogens with zero attached hydrogens (tertiary/aromatic N) is 4. The molecule has 2 aliphatic heterocycles. The summed E-state index contributed by atoms with van der Waals surface area (Å²) in [7, 11) is 0. The Bertz CT molecular complexity index is 831. The van der Waals surface area contributed by atoms with Crippen molar-refractivity contribution >= 4 is 11.9 Å². The fraction of sp³-hybridized carbons (Fsp3) is 0.500. The molecule has 0 amide bonds. The smallest absolute Gasteiger partial charge is 0.475 e. The number of halogens is 3. The monoisotopic (exact) mass is 440 g/mol. The van der Waals surface area contributed by atoms with E-state index in [1.807, 2.05) is 24.3 Å². The van der Waals surface area contributed by atoms with Gasteiger partial charge in [-0.15, -0.1) is 0 Å². The van der Waals surface area contributed by atoms with Crippen LogP contribution in [0.4, 0.5) is 19.1 Å². The first-order chi connectivity index (χ1) is 14.8. The zero-order valence-electron chi connectivity index (χ0n) is 16.7. The minimum atomic E-state index is -5.08. The summed E-state index contributed by atoms with van der Waals surface area (Å²) in [5.74, 6) is -1.26. The van der Waals surface area contributed by atoms with Gasteiger partial charge in [-0.2, -0.15) is 13.2 Å². The van der Waals surface area contributed by atoms with Crippen LogP contribution in [0.3, 0.4) is 0 Å². The van der Waals surface area contributed by atoms with E-state index in [1.54, 1.807) is 18.6 Å². The Morgan fingerprint density at radius 2 is 1.81 bits per heavy atom. The van der Waals surface area contributed by atoms with Crippen LogP contribution in [0.5, 0.6) is 5.88 Å². The maximum atomic E-state index is 10.6. The van der Waals surface area contributed by atoms with E-state index in [2.05, 4.69) is 19.9 Å². The average molecular weight is 440 g/mol. The Labute approximate surface area is 177 Å². The summed E-state index contributed by atoms with van der Waals surface area (Å²) in [4.78, 5) is 24.1. The van der Waals surface area contributed by atoms with Crippen LogP contribution >= 0.6 is 0 Å². The topological polar surface area (TPSA) is 97.7 Å². The summed E-state index contributed by atoms with van der Waals surface area (Å²) < 4.78 is 43.5. The first kappa shape index (κ1) is 22.7. The van der Waals surface area contributed by atoms with Crippen LogP contribution in [0.25, 0.3) is 0 Å². The molecule has 2 aliphatic rings. The highest BCUT2D eigenvalue weighted by molar-refractivity contribution is 5.73. The van der Waals surface area contributed by atoms with Gasteiger partial charge in [0.1, 0.15) is 6.61 Å². The molecule has 168 valence electrons. The lowest BCUT2D eigenvalue weighted by Crippen LogP contribution is -2.41. The van der Waals surface area contributed by atoms with Gasteiger partial charge in [-0.1, -0.05) is 6.07 Å². The van der Waals surface area contributed by atoms with Gasteiger partial charge in [-0.25, -0.2) is 19.7 Å². The third-order valence-corrected chi connectivity index (χ3v) is 5.24. The van der Waals surface area contributed by atoms with Crippen molar-refractivity contribution in [2.45, 2.75) is 31.5 Å². The van der Waals surface area contributed by atoms with Crippen molar-refractivity contribution in [1.29, 1.82) is 0 Å². The van der Waals surface area contributed by atoms with Crippen molar-refractivity contribution in [2.24, 2.45) is 5.41 Å². The number of anilines is 1. The summed E-state index contributed by atoms with van der Waals surface area (Å²) >= 11 is 0. The van der Waals surface area contributed by atoms with E-state index in [1.165, 1.54) is 0 Å². The van der Waals surface area contributed by atoms with Gasteiger partial charge in [-0.3, -0.25) is 0 Å². The molecule has 8 nitrogen and oxygen atoms in total.